The number of hydrogen-bond acceptors (Lipinski definition) is 6. The zero-order valence-electron chi connectivity index (χ0n) is 17.2. The number of fused-ring (bicyclic) bond motifs is 3. The first-order chi connectivity index (χ1) is 15.2. The molecule has 5 rings (SSSR count). The fourth-order valence-corrected chi connectivity index (χ4v) is 6.37. The molecule has 0 aliphatic heterocycles. The molecule has 0 bridgehead atoms. The standard InChI is InChI=1S/C23H25N3O3S2/c27-20(24-16-9-3-4-10-17(16)29-14-6-1-2-7-14)13-30-12-19-25-22(28)21-15-8-5-11-18(15)31-23(21)26-19/h3-4,9-10,14H,1-2,5-8,11-13H2,(H,24,27)(H,25,26,28). The van der Waals surface area contributed by atoms with Crippen LogP contribution in [0.2, 0.25) is 0 Å². The van der Waals surface area contributed by atoms with Gasteiger partial charge < -0.3 is 15.0 Å². The Labute approximate surface area is 188 Å². The highest BCUT2D eigenvalue weighted by Crippen LogP contribution is 2.34. The fourth-order valence-electron chi connectivity index (χ4n) is 4.40. The van der Waals surface area contributed by atoms with Crippen molar-refractivity contribution < 1.29 is 9.53 Å². The molecule has 162 valence electrons. The lowest BCUT2D eigenvalue weighted by atomic mass is 10.2. The van der Waals surface area contributed by atoms with Crippen molar-refractivity contribution in [3.05, 3.63) is 50.9 Å². The zero-order chi connectivity index (χ0) is 21.2. The molecule has 0 saturated heterocycles. The largest absolute Gasteiger partial charge is 0.488 e. The maximum absolute atomic E-state index is 12.5. The number of benzene rings is 1. The van der Waals surface area contributed by atoms with Crippen molar-refractivity contribution in [3.63, 3.8) is 0 Å². The van der Waals surface area contributed by atoms with Gasteiger partial charge in [0.15, 0.2) is 0 Å². The molecule has 0 atom stereocenters. The number of H-pyrrole nitrogens is 1. The quantitative estimate of drug-likeness (QED) is 0.541. The number of nitrogens with one attached hydrogen (secondary N) is 2. The molecule has 1 amide bonds. The molecule has 31 heavy (non-hydrogen) atoms. The van der Waals surface area contributed by atoms with Gasteiger partial charge in [0.2, 0.25) is 5.91 Å². The highest BCUT2D eigenvalue weighted by Gasteiger charge is 2.21. The van der Waals surface area contributed by atoms with Crippen molar-refractivity contribution in [2.24, 2.45) is 0 Å². The molecule has 2 aliphatic rings. The second-order valence-corrected chi connectivity index (χ2v) is 10.2. The Balaban J connectivity index is 1.19. The van der Waals surface area contributed by atoms with E-state index >= 15 is 0 Å². The Morgan fingerprint density at radius 1 is 1.23 bits per heavy atom. The lowest BCUT2D eigenvalue weighted by molar-refractivity contribution is -0.113. The van der Waals surface area contributed by atoms with Crippen molar-refractivity contribution in [1.82, 2.24) is 9.97 Å². The number of hydrogen-bond donors (Lipinski definition) is 2. The van der Waals surface area contributed by atoms with Crippen molar-refractivity contribution >= 4 is 44.9 Å². The second-order valence-electron chi connectivity index (χ2n) is 8.11. The number of thiophene rings is 1. The molecule has 1 aromatic carbocycles. The van der Waals surface area contributed by atoms with Gasteiger partial charge in [-0.15, -0.1) is 23.1 Å². The molecule has 8 heteroatoms. The minimum absolute atomic E-state index is 0.0533. The molecule has 0 unspecified atom stereocenters. The monoisotopic (exact) mass is 455 g/mol. The maximum atomic E-state index is 12.5. The summed E-state index contributed by atoms with van der Waals surface area (Å²) in [7, 11) is 0. The highest BCUT2D eigenvalue weighted by atomic mass is 32.2. The summed E-state index contributed by atoms with van der Waals surface area (Å²) < 4.78 is 6.09. The molecule has 2 aliphatic carbocycles. The van der Waals surface area contributed by atoms with E-state index in [9.17, 15) is 9.59 Å². The summed E-state index contributed by atoms with van der Waals surface area (Å²) in [6, 6.07) is 7.60. The molecule has 2 heterocycles. The van der Waals surface area contributed by atoms with Gasteiger partial charge in [0.25, 0.3) is 5.56 Å². The number of rotatable bonds is 7. The smallest absolute Gasteiger partial charge is 0.259 e. The number of para-hydroxylation sites is 2. The number of aromatic amines is 1. The lowest BCUT2D eigenvalue weighted by Gasteiger charge is -2.16. The highest BCUT2D eigenvalue weighted by molar-refractivity contribution is 7.99. The van der Waals surface area contributed by atoms with Crippen LogP contribution in [0, 0.1) is 0 Å². The molecule has 2 aromatic heterocycles. The predicted octanol–water partition coefficient (Wildman–Crippen LogP) is 4.67. The number of amides is 1. The van der Waals surface area contributed by atoms with E-state index in [0.29, 0.717) is 17.3 Å². The van der Waals surface area contributed by atoms with E-state index in [0.717, 1.165) is 48.1 Å². The van der Waals surface area contributed by atoms with Crippen molar-refractivity contribution in [2.75, 3.05) is 11.1 Å². The molecule has 1 fully saturated rings. The van der Waals surface area contributed by atoms with E-state index in [2.05, 4.69) is 15.3 Å². The summed E-state index contributed by atoms with van der Waals surface area (Å²) in [5.74, 6) is 2.03. The molecule has 0 spiro atoms. The fraction of sp³-hybridized carbons (Fsp3) is 0.435. The number of thioether (sulfide) groups is 1. The van der Waals surface area contributed by atoms with Crippen LogP contribution in [0.3, 0.4) is 0 Å². The van der Waals surface area contributed by atoms with Crippen molar-refractivity contribution in [2.45, 2.75) is 56.8 Å². The normalized spacial score (nSPS) is 16.0. The Kier molecular flexibility index (Phi) is 6.00. The van der Waals surface area contributed by atoms with Gasteiger partial charge in [0, 0.05) is 4.88 Å². The Morgan fingerprint density at radius 3 is 2.94 bits per heavy atom. The van der Waals surface area contributed by atoms with Gasteiger partial charge in [-0.05, 0) is 62.6 Å². The van der Waals surface area contributed by atoms with Gasteiger partial charge in [0.1, 0.15) is 16.4 Å². The van der Waals surface area contributed by atoms with Gasteiger partial charge in [0.05, 0.1) is 28.7 Å². The molecular weight excluding hydrogens is 430 g/mol. The van der Waals surface area contributed by atoms with E-state index < -0.39 is 0 Å². The Bertz CT molecular complexity index is 1160. The number of carbonyl (C=O) groups excluding carboxylic acids is 1. The molecule has 1 saturated carbocycles. The Hall–Kier alpha value is -2.32. The van der Waals surface area contributed by atoms with Crippen LogP contribution in [0.1, 0.15) is 48.4 Å². The topological polar surface area (TPSA) is 84.1 Å². The maximum Gasteiger partial charge on any atom is 0.259 e. The molecular formula is C23H25N3O3S2. The summed E-state index contributed by atoms with van der Waals surface area (Å²) in [4.78, 5) is 34.7. The molecule has 0 radical (unpaired) electrons. The van der Waals surface area contributed by atoms with Crippen molar-refractivity contribution in [1.29, 1.82) is 0 Å². The predicted molar refractivity (Wildman–Crippen MR) is 126 cm³/mol. The summed E-state index contributed by atoms with van der Waals surface area (Å²) >= 11 is 3.08. The third-order valence-electron chi connectivity index (χ3n) is 5.85. The van der Waals surface area contributed by atoms with Crippen LogP contribution in [-0.4, -0.2) is 27.7 Å². The number of aryl methyl sites for hydroxylation is 2. The first kappa shape index (κ1) is 20.6. The van der Waals surface area contributed by atoms with Gasteiger partial charge >= 0.3 is 0 Å². The van der Waals surface area contributed by atoms with E-state index in [1.54, 1.807) is 11.3 Å². The minimum atomic E-state index is -0.0917. The van der Waals surface area contributed by atoms with Crippen LogP contribution in [0.4, 0.5) is 5.69 Å². The number of nitrogens with zero attached hydrogens (tertiary/aromatic N) is 1. The number of aromatic nitrogens is 2. The zero-order valence-corrected chi connectivity index (χ0v) is 18.9. The summed E-state index contributed by atoms with van der Waals surface area (Å²) in [5, 5.41) is 3.73. The van der Waals surface area contributed by atoms with Crippen molar-refractivity contribution in [3.8, 4) is 5.75 Å². The van der Waals surface area contributed by atoms with Gasteiger partial charge in [-0.25, -0.2) is 4.98 Å². The third-order valence-corrected chi connectivity index (χ3v) is 7.98. The molecule has 3 aromatic rings. The summed E-state index contributed by atoms with van der Waals surface area (Å²) in [6.07, 6.45) is 7.92. The first-order valence-corrected chi connectivity index (χ1v) is 12.8. The summed E-state index contributed by atoms with van der Waals surface area (Å²) in [6.45, 7) is 0. The average Bonchev–Trinajstić information content (AvgIpc) is 3.47. The molecule has 2 N–H and O–H groups in total. The van der Waals surface area contributed by atoms with Gasteiger partial charge in [-0.3, -0.25) is 9.59 Å². The van der Waals surface area contributed by atoms with E-state index in [4.69, 9.17) is 4.74 Å². The van der Waals surface area contributed by atoms with E-state index in [1.807, 2.05) is 24.3 Å². The van der Waals surface area contributed by atoms with Gasteiger partial charge in [-0.2, -0.15) is 0 Å². The lowest BCUT2D eigenvalue weighted by Crippen LogP contribution is -2.17. The number of ether oxygens (including phenoxy) is 1. The van der Waals surface area contributed by atoms with E-state index in [-0.39, 0.29) is 23.3 Å². The van der Waals surface area contributed by atoms with Crippen LogP contribution >= 0.6 is 23.1 Å². The van der Waals surface area contributed by atoms with Crippen LogP contribution in [0.5, 0.6) is 5.75 Å². The van der Waals surface area contributed by atoms with Crippen LogP contribution in [0.25, 0.3) is 10.2 Å². The number of anilines is 1. The van der Waals surface area contributed by atoms with Gasteiger partial charge in [-0.1, -0.05) is 12.1 Å². The SMILES string of the molecule is O=C(CSCc1nc2sc3c(c2c(=O)[nH]1)CCC3)Nc1ccccc1OC1CCCC1. The van der Waals surface area contributed by atoms with Crippen LogP contribution < -0.4 is 15.6 Å². The van der Waals surface area contributed by atoms with E-state index in [1.165, 1.54) is 35.0 Å². The Morgan fingerprint density at radius 2 is 2.06 bits per heavy atom. The van der Waals surface area contributed by atoms with Crippen LogP contribution in [-0.2, 0) is 23.4 Å². The first-order valence-electron chi connectivity index (χ1n) is 10.8. The average molecular weight is 456 g/mol. The van der Waals surface area contributed by atoms with Crippen LogP contribution in [0.15, 0.2) is 29.1 Å². The minimum Gasteiger partial charge on any atom is -0.488 e. The summed E-state index contributed by atoms with van der Waals surface area (Å²) in [5.41, 5.74) is 1.84. The second kappa shape index (κ2) is 9.04. The number of carbonyl (C=O) groups is 1. The third kappa shape index (κ3) is 4.50. The molecule has 6 nitrogen and oxygen atoms in total.